The third-order valence-electron chi connectivity index (χ3n) is 2.95. The number of amides is 1. The largest absolute Gasteiger partial charge is 0.381 e. The van der Waals surface area contributed by atoms with Crippen LogP contribution in [0.3, 0.4) is 0 Å². The van der Waals surface area contributed by atoms with E-state index in [1.807, 2.05) is 0 Å². The van der Waals surface area contributed by atoms with Crippen molar-refractivity contribution in [3.63, 3.8) is 0 Å². The van der Waals surface area contributed by atoms with E-state index in [2.05, 4.69) is 24.5 Å². The summed E-state index contributed by atoms with van der Waals surface area (Å²) in [6, 6.07) is 0. The van der Waals surface area contributed by atoms with E-state index in [4.69, 9.17) is 4.74 Å². The Hall–Kier alpha value is -0.610. The van der Waals surface area contributed by atoms with E-state index in [0.717, 1.165) is 32.5 Å². The predicted molar refractivity (Wildman–Crippen MR) is 64.4 cm³/mol. The number of carbonyl (C=O) groups excluding carboxylic acids is 1. The minimum atomic E-state index is 0.0889. The molecular formula is C12H24N2O2. The minimum absolute atomic E-state index is 0.0889. The molecule has 0 radical (unpaired) electrons. The Bertz CT molecular complexity index is 213. The van der Waals surface area contributed by atoms with Crippen molar-refractivity contribution < 1.29 is 9.53 Å². The summed E-state index contributed by atoms with van der Waals surface area (Å²) in [6.07, 6.45) is 3.81. The molecule has 1 atom stereocenters. The standard InChI is InChI=1S/C12H24N2O2/c1-3-8-16-9-5-11(15)13-10-12(2)6-4-7-14-12/h14H,3-10H2,1-2H3,(H,13,15). The molecule has 4 nitrogen and oxygen atoms in total. The van der Waals surface area contributed by atoms with Crippen molar-refractivity contribution in [1.82, 2.24) is 10.6 Å². The fourth-order valence-corrected chi connectivity index (χ4v) is 1.90. The summed E-state index contributed by atoms with van der Waals surface area (Å²) in [5, 5.41) is 6.38. The van der Waals surface area contributed by atoms with E-state index in [9.17, 15) is 4.79 Å². The SMILES string of the molecule is CCCOCCC(=O)NCC1(C)CCCN1. The van der Waals surface area contributed by atoms with Crippen LogP contribution in [-0.4, -0.2) is 37.7 Å². The highest BCUT2D eigenvalue weighted by Gasteiger charge is 2.27. The molecule has 0 saturated carbocycles. The Morgan fingerprint density at radius 1 is 1.50 bits per heavy atom. The highest BCUT2D eigenvalue weighted by Crippen LogP contribution is 2.16. The van der Waals surface area contributed by atoms with Crippen LogP contribution in [0.15, 0.2) is 0 Å². The highest BCUT2D eigenvalue weighted by molar-refractivity contribution is 5.76. The molecule has 1 aliphatic rings. The van der Waals surface area contributed by atoms with Gasteiger partial charge in [0.2, 0.25) is 5.91 Å². The van der Waals surface area contributed by atoms with E-state index in [1.165, 1.54) is 6.42 Å². The van der Waals surface area contributed by atoms with Gasteiger partial charge in [-0.2, -0.15) is 0 Å². The molecule has 0 spiro atoms. The monoisotopic (exact) mass is 228 g/mol. The van der Waals surface area contributed by atoms with Gasteiger partial charge in [-0.05, 0) is 32.7 Å². The number of hydrogen-bond acceptors (Lipinski definition) is 3. The second-order valence-electron chi connectivity index (χ2n) is 4.73. The van der Waals surface area contributed by atoms with Gasteiger partial charge in [0.1, 0.15) is 0 Å². The molecule has 0 aromatic heterocycles. The Morgan fingerprint density at radius 2 is 2.31 bits per heavy atom. The lowest BCUT2D eigenvalue weighted by atomic mass is 10.0. The fraction of sp³-hybridized carbons (Fsp3) is 0.917. The molecule has 1 unspecified atom stereocenters. The summed E-state index contributed by atoms with van der Waals surface area (Å²) < 4.78 is 5.27. The maximum atomic E-state index is 11.5. The molecule has 16 heavy (non-hydrogen) atoms. The Labute approximate surface area is 98.1 Å². The topological polar surface area (TPSA) is 50.4 Å². The van der Waals surface area contributed by atoms with Gasteiger partial charge in [0.05, 0.1) is 6.61 Å². The first-order chi connectivity index (χ1) is 7.66. The molecule has 2 N–H and O–H groups in total. The van der Waals surface area contributed by atoms with Crippen LogP contribution < -0.4 is 10.6 Å². The summed E-state index contributed by atoms with van der Waals surface area (Å²) in [6.45, 7) is 7.28. The first-order valence-corrected chi connectivity index (χ1v) is 6.26. The Kier molecular flexibility index (Phi) is 5.77. The fourth-order valence-electron chi connectivity index (χ4n) is 1.90. The zero-order valence-corrected chi connectivity index (χ0v) is 10.5. The molecule has 0 aromatic carbocycles. The maximum Gasteiger partial charge on any atom is 0.222 e. The van der Waals surface area contributed by atoms with Crippen molar-refractivity contribution in [2.75, 3.05) is 26.3 Å². The molecule has 1 heterocycles. The van der Waals surface area contributed by atoms with Crippen LogP contribution >= 0.6 is 0 Å². The first kappa shape index (κ1) is 13.5. The van der Waals surface area contributed by atoms with E-state index in [0.29, 0.717) is 13.0 Å². The second kappa shape index (κ2) is 6.86. The number of ether oxygens (including phenoxy) is 1. The van der Waals surface area contributed by atoms with Crippen LogP contribution in [0.25, 0.3) is 0 Å². The molecule has 1 fully saturated rings. The van der Waals surface area contributed by atoms with Gasteiger partial charge in [-0.25, -0.2) is 0 Å². The number of nitrogens with one attached hydrogen (secondary N) is 2. The normalized spacial score (nSPS) is 24.6. The molecule has 1 amide bonds. The van der Waals surface area contributed by atoms with E-state index >= 15 is 0 Å². The maximum absolute atomic E-state index is 11.5. The molecule has 1 saturated heterocycles. The van der Waals surface area contributed by atoms with Crippen LogP contribution in [0.1, 0.15) is 39.5 Å². The summed E-state index contributed by atoms with van der Waals surface area (Å²) in [5.74, 6) is 0.0889. The van der Waals surface area contributed by atoms with Gasteiger partial charge in [0.15, 0.2) is 0 Å². The second-order valence-corrected chi connectivity index (χ2v) is 4.73. The van der Waals surface area contributed by atoms with Gasteiger partial charge >= 0.3 is 0 Å². The van der Waals surface area contributed by atoms with Crippen molar-refractivity contribution in [2.45, 2.75) is 45.1 Å². The summed E-state index contributed by atoms with van der Waals surface area (Å²) in [4.78, 5) is 11.5. The van der Waals surface area contributed by atoms with Gasteiger partial charge in [-0.3, -0.25) is 4.79 Å². The molecule has 94 valence electrons. The lowest BCUT2D eigenvalue weighted by Gasteiger charge is -2.24. The van der Waals surface area contributed by atoms with E-state index in [1.54, 1.807) is 0 Å². The van der Waals surface area contributed by atoms with Gasteiger partial charge in [-0.1, -0.05) is 6.92 Å². The molecule has 0 aliphatic carbocycles. The van der Waals surface area contributed by atoms with Crippen LogP contribution in [0.4, 0.5) is 0 Å². The molecule has 0 bridgehead atoms. The molecule has 0 aromatic rings. The van der Waals surface area contributed by atoms with Crippen molar-refractivity contribution in [3.05, 3.63) is 0 Å². The van der Waals surface area contributed by atoms with Crippen molar-refractivity contribution in [1.29, 1.82) is 0 Å². The Balaban J connectivity index is 2.05. The van der Waals surface area contributed by atoms with Gasteiger partial charge in [0.25, 0.3) is 0 Å². The average molecular weight is 228 g/mol. The summed E-state index contributed by atoms with van der Waals surface area (Å²) in [5.41, 5.74) is 0.0972. The van der Waals surface area contributed by atoms with Gasteiger partial charge in [-0.15, -0.1) is 0 Å². The zero-order valence-electron chi connectivity index (χ0n) is 10.5. The zero-order chi connectivity index (χ0) is 11.9. The van der Waals surface area contributed by atoms with Crippen LogP contribution in [0.5, 0.6) is 0 Å². The predicted octanol–water partition coefficient (Wildman–Crippen LogP) is 1.06. The van der Waals surface area contributed by atoms with Crippen LogP contribution in [-0.2, 0) is 9.53 Å². The van der Waals surface area contributed by atoms with Gasteiger partial charge in [0, 0.05) is 25.1 Å². The number of hydrogen-bond donors (Lipinski definition) is 2. The van der Waals surface area contributed by atoms with E-state index in [-0.39, 0.29) is 11.4 Å². The van der Waals surface area contributed by atoms with Crippen LogP contribution in [0, 0.1) is 0 Å². The number of carbonyl (C=O) groups is 1. The lowest BCUT2D eigenvalue weighted by molar-refractivity contribution is -0.122. The van der Waals surface area contributed by atoms with Crippen molar-refractivity contribution in [2.24, 2.45) is 0 Å². The minimum Gasteiger partial charge on any atom is -0.381 e. The third kappa shape index (κ3) is 4.94. The summed E-state index contributed by atoms with van der Waals surface area (Å²) in [7, 11) is 0. The third-order valence-corrected chi connectivity index (χ3v) is 2.95. The Morgan fingerprint density at radius 3 is 2.94 bits per heavy atom. The average Bonchev–Trinajstić information content (AvgIpc) is 2.70. The highest BCUT2D eigenvalue weighted by atomic mass is 16.5. The molecular weight excluding hydrogens is 204 g/mol. The smallest absolute Gasteiger partial charge is 0.222 e. The number of rotatable bonds is 7. The summed E-state index contributed by atoms with van der Waals surface area (Å²) >= 11 is 0. The van der Waals surface area contributed by atoms with Crippen molar-refractivity contribution >= 4 is 5.91 Å². The van der Waals surface area contributed by atoms with Crippen LogP contribution in [0.2, 0.25) is 0 Å². The van der Waals surface area contributed by atoms with E-state index < -0.39 is 0 Å². The quantitative estimate of drug-likeness (QED) is 0.641. The molecule has 1 rings (SSSR count). The van der Waals surface area contributed by atoms with Gasteiger partial charge < -0.3 is 15.4 Å². The first-order valence-electron chi connectivity index (χ1n) is 6.26. The lowest BCUT2D eigenvalue weighted by Crippen LogP contribution is -2.47. The van der Waals surface area contributed by atoms with Crippen molar-refractivity contribution in [3.8, 4) is 0 Å². The molecule has 1 aliphatic heterocycles. The molecule has 4 heteroatoms.